The maximum atomic E-state index is 12.4. The van der Waals surface area contributed by atoms with Crippen LogP contribution in [0, 0.1) is 0 Å². The largest absolute Gasteiger partial charge is 0.478 e. The number of carbonyl (C=O) groups excluding carboxylic acids is 1. The summed E-state index contributed by atoms with van der Waals surface area (Å²) < 4.78 is 5.53. The molecule has 1 heterocycles. The Labute approximate surface area is 157 Å². The molecule has 7 heteroatoms. The normalized spacial score (nSPS) is 12.0. The van der Waals surface area contributed by atoms with Gasteiger partial charge in [0.05, 0.1) is 17.8 Å². The first kappa shape index (κ1) is 20.1. The van der Waals surface area contributed by atoms with E-state index in [1.165, 1.54) is 11.3 Å². The number of ether oxygens (including phenoxy) is 1. The molecule has 1 atom stereocenters. The Kier molecular flexibility index (Phi) is 7.29. The minimum absolute atomic E-state index is 0.0439. The molecule has 140 valence electrons. The number of hydrogen-bond donors (Lipinski definition) is 1. The van der Waals surface area contributed by atoms with Gasteiger partial charge >= 0.3 is 5.97 Å². The number of hydrogen-bond acceptors (Lipinski definition) is 5. The summed E-state index contributed by atoms with van der Waals surface area (Å²) in [5.74, 6) is -1.02. The molecule has 1 aromatic carbocycles. The van der Waals surface area contributed by atoms with E-state index in [-0.39, 0.29) is 24.0 Å². The van der Waals surface area contributed by atoms with Crippen molar-refractivity contribution in [2.24, 2.45) is 0 Å². The van der Waals surface area contributed by atoms with Crippen molar-refractivity contribution in [2.75, 3.05) is 13.7 Å². The van der Waals surface area contributed by atoms with Gasteiger partial charge in [-0.2, -0.15) is 0 Å². The Hall–Kier alpha value is -2.25. The lowest BCUT2D eigenvalue weighted by molar-refractivity contribution is -0.130. The molecule has 1 unspecified atom stereocenters. The fourth-order valence-corrected chi connectivity index (χ4v) is 3.43. The Morgan fingerprint density at radius 2 is 2.08 bits per heavy atom. The molecule has 2 aromatic rings. The van der Waals surface area contributed by atoms with E-state index < -0.39 is 5.97 Å². The number of aryl methyl sites for hydroxylation is 1. The lowest BCUT2D eigenvalue weighted by Gasteiger charge is -2.16. The van der Waals surface area contributed by atoms with Crippen LogP contribution in [-0.4, -0.2) is 40.5 Å². The number of carbonyl (C=O) groups is 2. The molecule has 26 heavy (non-hydrogen) atoms. The average molecular weight is 376 g/mol. The van der Waals surface area contributed by atoms with Crippen molar-refractivity contribution >= 4 is 23.2 Å². The first-order valence-electron chi connectivity index (χ1n) is 8.53. The van der Waals surface area contributed by atoms with Gasteiger partial charge in [0.25, 0.3) is 0 Å². The van der Waals surface area contributed by atoms with Gasteiger partial charge in [-0.3, -0.25) is 4.79 Å². The Bertz CT molecular complexity index is 760. The van der Waals surface area contributed by atoms with Crippen molar-refractivity contribution in [1.29, 1.82) is 0 Å². The Balaban J connectivity index is 1.91. The third-order valence-corrected chi connectivity index (χ3v) is 5.07. The quantitative estimate of drug-likeness (QED) is 0.724. The van der Waals surface area contributed by atoms with E-state index in [1.807, 2.05) is 19.2 Å². The monoisotopic (exact) mass is 376 g/mol. The molecule has 0 saturated carbocycles. The highest BCUT2D eigenvalue weighted by atomic mass is 32.1. The summed E-state index contributed by atoms with van der Waals surface area (Å²) in [5.41, 5.74) is 1.75. The van der Waals surface area contributed by atoms with Crippen LogP contribution in [0.4, 0.5) is 0 Å². The molecule has 2 rings (SSSR count). The lowest BCUT2D eigenvalue weighted by atomic mass is 10.0. The van der Waals surface area contributed by atoms with Gasteiger partial charge in [-0.15, -0.1) is 11.3 Å². The van der Waals surface area contributed by atoms with Gasteiger partial charge in [-0.25, -0.2) is 9.78 Å². The highest BCUT2D eigenvalue weighted by Crippen LogP contribution is 2.22. The smallest absolute Gasteiger partial charge is 0.335 e. The van der Waals surface area contributed by atoms with Crippen LogP contribution in [0.1, 0.15) is 53.0 Å². The molecule has 0 fully saturated rings. The van der Waals surface area contributed by atoms with Gasteiger partial charge in [-0.05, 0) is 31.9 Å². The van der Waals surface area contributed by atoms with Gasteiger partial charge < -0.3 is 14.7 Å². The highest BCUT2D eigenvalue weighted by molar-refractivity contribution is 7.09. The zero-order valence-electron chi connectivity index (χ0n) is 15.3. The van der Waals surface area contributed by atoms with E-state index in [0.29, 0.717) is 25.1 Å². The number of nitrogens with zero attached hydrogens (tertiary/aromatic N) is 2. The molecule has 1 N–H and O–H groups in total. The van der Waals surface area contributed by atoms with Crippen LogP contribution in [0.2, 0.25) is 0 Å². The van der Waals surface area contributed by atoms with Gasteiger partial charge in [0.15, 0.2) is 0 Å². The number of aromatic nitrogens is 1. The number of thiazole rings is 1. The fraction of sp³-hybridized carbons (Fsp3) is 0.421. The highest BCUT2D eigenvalue weighted by Gasteiger charge is 2.16. The number of benzene rings is 1. The second-order valence-corrected chi connectivity index (χ2v) is 6.88. The van der Waals surface area contributed by atoms with E-state index in [1.54, 1.807) is 36.2 Å². The van der Waals surface area contributed by atoms with Crippen LogP contribution in [-0.2, 0) is 22.5 Å². The molecule has 1 amide bonds. The maximum absolute atomic E-state index is 12.4. The van der Waals surface area contributed by atoms with Crippen LogP contribution in [0.25, 0.3) is 0 Å². The summed E-state index contributed by atoms with van der Waals surface area (Å²) in [4.78, 5) is 29.8. The molecule has 0 bridgehead atoms. The van der Waals surface area contributed by atoms with Crippen LogP contribution < -0.4 is 0 Å². The van der Waals surface area contributed by atoms with Gasteiger partial charge in [0.2, 0.25) is 5.91 Å². The minimum atomic E-state index is -0.972. The molecule has 0 aliphatic rings. The SMILES string of the molecule is CCOC(C)c1nc(CN(C)C(=O)CCc2ccccc2C(=O)O)cs1. The van der Waals surface area contributed by atoms with Gasteiger partial charge in [0, 0.05) is 25.5 Å². The number of rotatable bonds is 9. The van der Waals surface area contributed by atoms with Crippen molar-refractivity contribution in [1.82, 2.24) is 9.88 Å². The third-order valence-electron chi connectivity index (χ3n) is 4.01. The van der Waals surface area contributed by atoms with Crippen molar-refractivity contribution in [3.8, 4) is 0 Å². The topological polar surface area (TPSA) is 79.7 Å². The average Bonchev–Trinajstić information content (AvgIpc) is 3.08. The van der Waals surface area contributed by atoms with E-state index >= 15 is 0 Å². The summed E-state index contributed by atoms with van der Waals surface area (Å²) in [6.45, 7) is 4.96. The third kappa shape index (κ3) is 5.37. The standard InChI is InChI=1S/C19H24N2O4S/c1-4-25-13(2)18-20-15(12-26-18)11-21(3)17(22)10-9-14-7-5-6-8-16(14)19(23)24/h5-8,12-13H,4,9-11H2,1-3H3,(H,23,24). The zero-order chi connectivity index (χ0) is 19.1. The molecular weight excluding hydrogens is 352 g/mol. The van der Waals surface area contributed by atoms with Crippen LogP contribution >= 0.6 is 11.3 Å². The molecule has 6 nitrogen and oxygen atoms in total. The number of amides is 1. The molecule has 0 spiro atoms. The second kappa shape index (κ2) is 9.45. The van der Waals surface area contributed by atoms with Crippen molar-refractivity contribution in [2.45, 2.75) is 39.3 Å². The molecular formula is C19H24N2O4S. The van der Waals surface area contributed by atoms with E-state index in [0.717, 1.165) is 10.7 Å². The predicted octanol–water partition coefficient (Wildman–Crippen LogP) is 3.53. The number of carboxylic acid groups (broad SMARTS) is 1. The summed E-state index contributed by atoms with van der Waals surface area (Å²) in [7, 11) is 1.73. The summed E-state index contributed by atoms with van der Waals surface area (Å²) in [6, 6.07) is 6.77. The summed E-state index contributed by atoms with van der Waals surface area (Å²) in [6.07, 6.45) is 0.606. The number of aromatic carboxylic acids is 1. The zero-order valence-corrected chi connectivity index (χ0v) is 16.1. The summed E-state index contributed by atoms with van der Waals surface area (Å²) >= 11 is 1.53. The van der Waals surface area contributed by atoms with Crippen LogP contribution in [0.5, 0.6) is 0 Å². The first-order chi connectivity index (χ1) is 12.4. The van der Waals surface area contributed by atoms with Gasteiger partial charge in [-0.1, -0.05) is 18.2 Å². The summed E-state index contributed by atoms with van der Waals surface area (Å²) in [5, 5.41) is 12.0. The number of carboxylic acids is 1. The molecule has 0 radical (unpaired) electrons. The Morgan fingerprint density at radius 1 is 1.35 bits per heavy atom. The minimum Gasteiger partial charge on any atom is -0.478 e. The Morgan fingerprint density at radius 3 is 2.77 bits per heavy atom. The maximum Gasteiger partial charge on any atom is 0.335 e. The van der Waals surface area contributed by atoms with E-state index in [2.05, 4.69) is 4.98 Å². The van der Waals surface area contributed by atoms with Crippen molar-refractivity contribution in [3.63, 3.8) is 0 Å². The molecule has 0 aliphatic heterocycles. The second-order valence-electron chi connectivity index (χ2n) is 5.99. The first-order valence-corrected chi connectivity index (χ1v) is 9.41. The molecule has 0 aliphatic carbocycles. The van der Waals surface area contributed by atoms with Crippen LogP contribution in [0.15, 0.2) is 29.6 Å². The fourth-order valence-electron chi connectivity index (χ4n) is 2.61. The van der Waals surface area contributed by atoms with Gasteiger partial charge in [0.1, 0.15) is 11.1 Å². The lowest BCUT2D eigenvalue weighted by Crippen LogP contribution is -2.26. The van der Waals surface area contributed by atoms with Crippen LogP contribution in [0.3, 0.4) is 0 Å². The molecule has 0 saturated heterocycles. The van der Waals surface area contributed by atoms with Crippen molar-refractivity contribution in [3.05, 3.63) is 51.5 Å². The molecule has 1 aromatic heterocycles. The van der Waals surface area contributed by atoms with E-state index in [4.69, 9.17) is 4.74 Å². The predicted molar refractivity (Wildman–Crippen MR) is 100 cm³/mol. The van der Waals surface area contributed by atoms with E-state index in [9.17, 15) is 14.7 Å². The van der Waals surface area contributed by atoms with Crippen molar-refractivity contribution < 1.29 is 19.4 Å².